The van der Waals surface area contributed by atoms with Crippen LogP contribution in [-0.4, -0.2) is 30.3 Å². The molecule has 2 fully saturated rings. The summed E-state index contributed by atoms with van der Waals surface area (Å²) in [6.07, 6.45) is 3.41. The molecule has 3 aliphatic heterocycles. The average molecular weight is 294 g/mol. The lowest BCUT2D eigenvalue weighted by molar-refractivity contribution is 0.0991. The van der Waals surface area contributed by atoms with Gasteiger partial charge in [-0.25, -0.2) is 4.98 Å². The molecule has 5 rings (SSSR count). The minimum absolute atomic E-state index is 0.420. The Balaban J connectivity index is 1.48. The summed E-state index contributed by atoms with van der Waals surface area (Å²) in [7, 11) is 0. The predicted molar refractivity (Wildman–Crippen MR) is 86.8 cm³/mol. The molecule has 0 aliphatic carbocycles. The van der Waals surface area contributed by atoms with Crippen molar-refractivity contribution in [3.63, 3.8) is 0 Å². The molecule has 2 atom stereocenters. The van der Waals surface area contributed by atoms with E-state index in [4.69, 9.17) is 4.74 Å². The lowest BCUT2D eigenvalue weighted by Gasteiger charge is -2.29. The molecule has 22 heavy (non-hydrogen) atoms. The second-order valence-corrected chi connectivity index (χ2v) is 6.22. The molecule has 1 aromatic heterocycles. The van der Waals surface area contributed by atoms with Crippen molar-refractivity contribution in [2.75, 3.05) is 28.7 Å². The zero-order chi connectivity index (χ0) is 14.5. The summed E-state index contributed by atoms with van der Waals surface area (Å²) in [5.41, 5.74) is 4.69. The Hall–Kier alpha value is -2.27. The molecule has 5 heteroatoms. The third kappa shape index (κ3) is 1.85. The Morgan fingerprint density at radius 1 is 1.23 bits per heavy atom. The third-order valence-corrected chi connectivity index (χ3v) is 4.85. The fourth-order valence-electron chi connectivity index (χ4n) is 3.69. The molecule has 5 nitrogen and oxygen atoms in total. The second kappa shape index (κ2) is 4.61. The van der Waals surface area contributed by atoms with Gasteiger partial charge in [0.1, 0.15) is 5.82 Å². The lowest BCUT2D eigenvalue weighted by Crippen LogP contribution is -2.36. The van der Waals surface area contributed by atoms with Gasteiger partial charge in [0, 0.05) is 30.5 Å². The van der Waals surface area contributed by atoms with Crippen LogP contribution in [0.3, 0.4) is 0 Å². The summed E-state index contributed by atoms with van der Waals surface area (Å²) in [6.45, 7) is 2.67. The van der Waals surface area contributed by atoms with Crippen molar-refractivity contribution < 1.29 is 4.74 Å². The number of nitrogens with one attached hydrogen (secondary N) is 2. The van der Waals surface area contributed by atoms with E-state index in [9.17, 15) is 0 Å². The molecule has 0 saturated carbocycles. The van der Waals surface area contributed by atoms with E-state index in [-0.39, 0.29) is 0 Å². The number of hydrogen-bond donors (Lipinski definition) is 2. The average Bonchev–Trinajstić information content (AvgIpc) is 3.13. The van der Waals surface area contributed by atoms with Crippen molar-refractivity contribution in [1.29, 1.82) is 0 Å². The van der Waals surface area contributed by atoms with Crippen molar-refractivity contribution >= 4 is 22.9 Å². The number of ether oxygens (including phenoxy) is 1. The summed E-state index contributed by atoms with van der Waals surface area (Å²) in [4.78, 5) is 6.91. The monoisotopic (exact) mass is 294 g/mol. The molecule has 2 saturated heterocycles. The minimum atomic E-state index is 0.420. The number of morpholine rings is 1. The predicted octanol–water partition coefficient (Wildman–Crippen LogP) is 2.73. The number of benzene rings is 1. The third-order valence-electron chi connectivity index (χ3n) is 4.85. The number of anilines is 4. The van der Waals surface area contributed by atoms with Crippen LogP contribution in [0.5, 0.6) is 0 Å². The van der Waals surface area contributed by atoms with Gasteiger partial charge >= 0.3 is 0 Å². The van der Waals surface area contributed by atoms with Gasteiger partial charge < -0.3 is 20.3 Å². The highest BCUT2D eigenvalue weighted by molar-refractivity contribution is 5.80. The van der Waals surface area contributed by atoms with Gasteiger partial charge in [0.15, 0.2) is 0 Å². The molecule has 2 N–H and O–H groups in total. The van der Waals surface area contributed by atoms with Gasteiger partial charge in [-0.3, -0.25) is 0 Å². The fourth-order valence-corrected chi connectivity index (χ4v) is 3.69. The van der Waals surface area contributed by atoms with E-state index in [0.717, 1.165) is 43.3 Å². The van der Waals surface area contributed by atoms with Crippen LogP contribution in [0, 0.1) is 0 Å². The van der Waals surface area contributed by atoms with E-state index in [1.165, 1.54) is 11.3 Å². The van der Waals surface area contributed by atoms with Crippen LogP contribution >= 0.6 is 0 Å². The SMILES string of the molecule is c1cnc2c(c1)CNc1cc(N3CC4CC3CO4)ccc1N2. The first-order chi connectivity index (χ1) is 10.9. The maximum atomic E-state index is 5.70. The van der Waals surface area contributed by atoms with Crippen molar-refractivity contribution in [1.82, 2.24) is 4.98 Å². The van der Waals surface area contributed by atoms with Crippen molar-refractivity contribution in [3.8, 4) is 0 Å². The van der Waals surface area contributed by atoms with Crippen LogP contribution in [0.4, 0.5) is 22.9 Å². The number of rotatable bonds is 1. The summed E-state index contributed by atoms with van der Waals surface area (Å²) in [5.74, 6) is 0.940. The number of hydrogen-bond acceptors (Lipinski definition) is 5. The molecular formula is C17H18N4O. The highest BCUT2D eigenvalue weighted by atomic mass is 16.5. The van der Waals surface area contributed by atoms with Crippen LogP contribution in [-0.2, 0) is 11.3 Å². The maximum absolute atomic E-state index is 5.70. The van der Waals surface area contributed by atoms with Crippen molar-refractivity contribution in [2.24, 2.45) is 0 Å². The smallest absolute Gasteiger partial charge is 0.135 e. The molecule has 0 amide bonds. The number of fused-ring (bicyclic) bond motifs is 4. The van der Waals surface area contributed by atoms with Crippen LogP contribution in [0.2, 0.25) is 0 Å². The Labute approximate surface area is 129 Å². The highest BCUT2D eigenvalue weighted by Gasteiger charge is 2.39. The Bertz CT molecular complexity index is 732. The van der Waals surface area contributed by atoms with E-state index in [0.29, 0.717) is 12.1 Å². The van der Waals surface area contributed by atoms with Gasteiger partial charge in [-0.15, -0.1) is 0 Å². The summed E-state index contributed by atoms with van der Waals surface area (Å²) in [6, 6.07) is 11.2. The summed E-state index contributed by atoms with van der Waals surface area (Å²) < 4.78 is 5.70. The maximum Gasteiger partial charge on any atom is 0.135 e. The van der Waals surface area contributed by atoms with E-state index < -0.39 is 0 Å². The largest absolute Gasteiger partial charge is 0.379 e. The fraction of sp³-hybridized carbons (Fsp3) is 0.353. The molecule has 0 spiro atoms. The van der Waals surface area contributed by atoms with Gasteiger partial charge in [-0.1, -0.05) is 6.07 Å². The van der Waals surface area contributed by atoms with E-state index in [1.807, 2.05) is 12.3 Å². The van der Waals surface area contributed by atoms with E-state index in [2.05, 4.69) is 44.8 Å². The molecule has 2 aromatic rings. The summed E-state index contributed by atoms with van der Waals surface area (Å²) in [5, 5.41) is 6.97. The molecule has 4 heterocycles. The zero-order valence-corrected chi connectivity index (χ0v) is 12.2. The summed E-state index contributed by atoms with van der Waals surface area (Å²) >= 11 is 0. The topological polar surface area (TPSA) is 49.4 Å². The van der Waals surface area contributed by atoms with Crippen LogP contribution in [0.1, 0.15) is 12.0 Å². The van der Waals surface area contributed by atoms with E-state index in [1.54, 1.807) is 0 Å². The first-order valence-corrected chi connectivity index (χ1v) is 7.84. The quantitative estimate of drug-likeness (QED) is 0.847. The Kier molecular flexibility index (Phi) is 2.58. The molecule has 3 aliphatic rings. The first-order valence-electron chi connectivity index (χ1n) is 7.84. The normalized spacial score (nSPS) is 25.0. The highest BCUT2D eigenvalue weighted by Crippen LogP contribution is 2.37. The van der Waals surface area contributed by atoms with Gasteiger partial charge in [-0.2, -0.15) is 0 Å². The van der Waals surface area contributed by atoms with Gasteiger partial charge in [0.05, 0.1) is 30.1 Å². The molecule has 112 valence electrons. The Morgan fingerprint density at radius 3 is 3.09 bits per heavy atom. The van der Waals surface area contributed by atoms with E-state index >= 15 is 0 Å². The molecule has 2 bridgehead atoms. The standard InChI is InChI=1S/C17H18N4O/c1-2-11-8-19-16-7-12(21-9-14-6-13(21)10-22-14)3-4-15(16)20-17(11)18-5-1/h1-5,7,13-14,19H,6,8-10H2,(H,18,20). The minimum Gasteiger partial charge on any atom is -0.379 e. The van der Waals surface area contributed by atoms with Crippen LogP contribution < -0.4 is 15.5 Å². The molecular weight excluding hydrogens is 276 g/mol. The van der Waals surface area contributed by atoms with Crippen LogP contribution in [0.25, 0.3) is 0 Å². The molecule has 2 unspecified atom stereocenters. The number of nitrogens with zero attached hydrogens (tertiary/aromatic N) is 2. The van der Waals surface area contributed by atoms with Gasteiger partial charge in [0.2, 0.25) is 0 Å². The number of aromatic nitrogens is 1. The first kappa shape index (κ1) is 12.3. The van der Waals surface area contributed by atoms with Gasteiger partial charge in [0.25, 0.3) is 0 Å². The zero-order valence-electron chi connectivity index (χ0n) is 12.2. The van der Waals surface area contributed by atoms with Crippen LogP contribution in [0.15, 0.2) is 36.5 Å². The number of pyridine rings is 1. The Morgan fingerprint density at radius 2 is 2.23 bits per heavy atom. The van der Waals surface area contributed by atoms with Gasteiger partial charge in [-0.05, 0) is 30.7 Å². The second-order valence-electron chi connectivity index (χ2n) is 6.22. The van der Waals surface area contributed by atoms with Crippen molar-refractivity contribution in [3.05, 3.63) is 42.1 Å². The van der Waals surface area contributed by atoms with Crippen molar-refractivity contribution in [2.45, 2.75) is 25.1 Å². The lowest BCUT2D eigenvalue weighted by atomic mass is 10.2. The molecule has 0 radical (unpaired) electrons. The molecule has 1 aromatic carbocycles.